The van der Waals surface area contributed by atoms with Crippen molar-refractivity contribution in [3.8, 4) is 0 Å². The van der Waals surface area contributed by atoms with Gasteiger partial charge in [0.1, 0.15) is 11.8 Å². The first-order valence-corrected chi connectivity index (χ1v) is 6.62. The van der Waals surface area contributed by atoms with Crippen LogP contribution in [0.3, 0.4) is 0 Å². The van der Waals surface area contributed by atoms with Gasteiger partial charge in [0.25, 0.3) is 11.8 Å². The number of carbonyl (C=O) groups is 2. The van der Waals surface area contributed by atoms with Gasteiger partial charge < -0.3 is 20.4 Å². The van der Waals surface area contributed by atoms with Gasteiger partial charge in [-0.3, -0.25) is 14.5 Å². The van der Waals surface area contributed by atoms with E-state index >= 15 is 0 Å². The Bertz CT molecular complexity index is 512. The average molecular weight is 280 g/mol. The van der Waals surface area contributed by atoms with E-state index in [1.54, 1.807) is 23.9 Å². The van der Waals surface area contributed by atoms with Crippen LogP contribution in [0.2, 0.25) is 0 Å². The Morgan fingerprint density at radius 1 is 1.55 bits per heavy atom. The zero-order valence-electron chi connectivity index (χ0n) is 11.8. The number of hydrogen-bond donors (Lipinski definition) is 2. The summed E-state index contributed by atoms with van der Waals surface area (Å²) < 4.78 is 7.06. The quantitative estimate of drug-likeness (QED) is 0.798. The lowest BCUT2D eigenvalue weighted by atomic mass is 10.2. The van der Waals surface area contributed by atoms with E-state index in [1.165, 1.54) is 0 Å². The molecular formula is C13H20N4O3. The first-order chi connectivity index (χ1) is 9.51. The molecular weight excluding hydrogens is 260 g/mol. The van der Waals surface area contributed by atoms with E-state index in [9.17, 15) is 9.59 Å². The SMILES string of the molecule is CCN1CCOC(C(=O)Nc2cc(C(N)=O)n(C)c2)C1. The van der Waals surface area contributed by atoms with Crippen molar-refractivity contribution in [2.45, 2.75) is 13.0 Å². The summed E-state index contributed by atoms with van der Waals surface area (Å²) in [7, 11) is 1.70. The minimum atomic E-state index is -0.529. The Morgan fingerprint density at radius 3 is 2.90 bits per heavy atom. The van der Waals surface area contributed by atoms with Crippen LogP contribution in [0.1, 0.15) is 17.4 Å². The van der Waals surface area contributed by atoms with Crippen molar-refractivity contribution in [3.05, 3.63) is 18.0 Å². The van der Waals surface area contributed by atoms with Crippen molar-refractivity contribution in [1.29, 1.82) is 0 Å². The van der Waals surface area contributed by atoms with Gasteiger partial charge in [-0.1, -0.05) is 6.92 Å². The van der Waals surface area contributed by atoms with E-state index < -0.39 is 12.0 Å². The standard InChI is InChI=1S/C13H20N4O3/c1-3-17-4-5-20-11(8-17)13(19)15-9-6-10(12(14)18)16(2)7-9/h6-7,11H,3-5,8H2,1-2H3,(H2,14,18)(H,15,19). The number of likely N-dealkylation sites (N-methyl/N-ethyl adjacent to an activating group) is 1. The number of amides is 2. The summed E-state index contributed by atoms with van der Waals surface area (Å²) in [5.74, 6) is -0.733. The second-order valence-corrected chi connectivity index (χ2v) is 4.83. The Morgan fingerprint density at radius 2 is 2.30 bits per heavy atom. The van der Waals surface area contributed by atoms with Gasteiger partial charge >= 0.3 is 0 Å². The summed E-state index contributed by atoms with van der Waals surface area (Å²) in [6.45, 7) is 4.92. The highest BCUT2D eigenvalue weighted by Gasteiger charge is 2.26. The smallest absolute Gasteiger partial charge is 0.265 e. The lowest BCUT2D eigenvalue weighted by molar-refractivity contribution is -0.132. The molecule has 0 aliphatic carbocycles. The molecule has 7 heteroatoms. The first kappa shape index (κ1) is 14.5. The van der Waals surface area contributed by atoms with Crippen LogP contribution in [0.25, 0.3) is 0 Å². The maximum Gasteiger partial charge on any atom is 0.265 e. The average Bonchev–Trinajstić information content (AvgIpc) is 2.79. The van der Waals surface area contributed by atoms with Crippen molar-refractivity contribution >= 4 is 17.5 Å². The molecule has 2 heterocycles. The monoisotopic (exact) mass is 280 g/mol. The first-order valence-electron chi connectivity index (χ1n) is 6.62. The molecule has 2 rings (SSSR count). The lowest BCUT2D eigenvalue weighted by Gasteiger charge is -2.31. The molecule has 1 atom stereocenters. The number of aromatic nitrogens is 1. The molecule has 7 nitrogen and oxygen atoms in total. The Hall–Kier alpha value is -1.86. The van der Waals surface area contributed by atoms with Gasteiger partial charge in [0.2, 0.25) is 0 Å². The number of aryl methyl sites for hydroxylation is 1. The van der Waals surface area contributed by atoms with E-state index in [1.807, 2.05) is 0 Å². The van der Waals surface area contributed by atoms with Crippen LogP contribution < -0.4 is 11.1 Å². The Kier molecular flexibility index (Phi) is 4.41. The molecule has 0 radical (unpaired) electrons. The molecule has 110 valence electrons. The summed E-state index contributed by atoms with van der Waals surface area (Å²) in [5.41, 5.74) is 6.13. The summed E-state index contributed by atoms with van der Waals surface area (Å²) in [5, 5.41) is 2.75. The molecule has 1 aromatic heterocycles. The molecule has 20 heavy (non-hydrogen) atoms. The van der Waals surface area contributed by atoms with Gasteiger partial charge in [0.15, 0.2) is 0 Å². The topological polar surface area (TPSA) is 89.6 Å². The highest BCUT2D eigenvalue weighted by molar-refractivity contribution is 5.97. The fourth-order valence-electron chi connectivity index (χ4n) is 2.25. The molecule has 0 aromatic carbocycles. The second-order valence-electron chi connectivity index (χ2n) is 4.83. The number of morpholine rings is 1. The number of nitrogens with two attached hydrogens (primary N) is 1. The van der Waals surface area contributed by atoms with Crippen LogP contribution in [-0.2, 0) is 16.6 Å². The van der Waals surface area contributed by atoms with Crippen LogP contribution >= 0.6 is 0 Å². The number of nitrogens with zero attached hydrogens (tertiary/aromatic N) is 2. The molecule has 1 aliphatic heterocycles. The number of carbonyl (C=O) groups excluding carboxylic acids is 2. The third-order valence-corrected chi connectivity index (χ3v) is 3.42. The lowest BCUT2D eigenvalue weighted by Crippen LogP contribution is -2.47. The minimum absolute atomic E-state index is 0.204. The third kappa shape index (κ3) is 3.17. The van der Waals surface area contributed by atoms with E-state index in [0.29, 0.717) is 24.5 Å². The Balaban J connectivity index is 2.00. The summed E-state index contributed by atoms with van der Waals surface area (Å²) >= 11 is 0. The number of primary amides is 1. The molecule has 0 saturated carbocycles. The molecule has 2 amide bonds. The number of anilines is 1. The van der Waals surface area contributed by atoms with E-state index in [4.69, 9.17) is 10.5 Å². The minimum Gasteiger partial charge on any atom is -0.366 e. The van der Waals surface area contributed by atoms with E-state index in [-0.39, 0.29) is 5.91 Å². The molecule has 1 aromatic rings. The van der Waals surface area contributed by atoms with Gasteiger partial charge in [-0.15, -0.1) is 0 Å². The maximum absolute atomic E-state index is 12.1. The molecule has 1 unspecified atom stereocenters. The fraction of sp³-hybridized carbons (Fsp3) is 0.538. The van der Waals surface area contributed by atoms with Gasteiger partial charge in [-0.2, -0.15) is 0 Å². The zero-order valence-corrected chi connectivity index (χ0v) is 11.8. The van der Waals surface area contributed by atoms with Crippen LogP contribution in [0.5, 0.6) is 0 Å². The predicted molar refractivity (Wildman–Crippen MR) is 74.4 cm³/mol. The van der Waals surface area contributed by atoms with Gasteiger partial charge in [-0.25, -0.2) is 0 Å². The Labute approximate surface area is 117 Å². The van der Waals surface area contributed by atoms with Crippen LogP contribution in [0.4, 0.5) is 5.69 Å². The molecule has 0 bridgehead atoms. The van der Waals surface area contributed by atoms with E-state index in [0.717, 1.165) is 13.1 Å². The van der Waals surface area contributed by atoms with Crippen molar-refractivity contribution in [2.24, 2.45) is 12.8 Å². The highest BCUT2D eigenvalue weighted by atomic mass is 16.5. The molecule has 0 spiro atoms. The zero-order chi connectivity index (χ0) is 14.7. The molecule has 3 N–H and O–H groups in total. The van der Waals surface area contributed by atoms with Crippen molar-refractivity contribution < 1.29 is 14.3 Å². The van der Waals surface area contributed by atoms with Crippen LogP contribution in [0, 0.1) is 0 Å². The maximum atomic E-state index is 12.1. The fourth-order valence-corrected chi connectivity index (χ4v) is 2.25. The van der Waals surface area contributed by atoms with Gasteiger partial charge in [0.05, 0.1) is 12.3 Å². The van der Waals surface area contributed by atoms with Gasteiger partial charge in [-0.05, 0) is 12.6 Å². The number of ether oxygens (including phenoxy) is 1. The number of rotatable bonds is 4. The van der Waals surface area contributed by atoms with Gasteiger partial charge in [0, 0.05) is 26.3 Å². The molecule has 1 aliphatic rings. The normalized spacial score (nSPS) is 19.8. The van der Waals surface area contributed by atoms with Crippen molar-refractivity contribution in [2.75, 3.05) is 31.6 Å². The largest absolute Gasteiger partial charge is 0.366 e. The predicted octanol–water partition coefficient (Wildman–Crippen LogP) is -0.217. The third-order valence-electron chi connectivity index (χ3n) is 3.42. The second kappa shape index (κ2) is 6.06. The van der Waals surface area contributed by atoms with Crippen LogP contribution in [-0.4, -0.2) is 53.6 Å². The summed E-state index contributed by atoms with van der Waals surface area (Å²) in [6.07, 6.45) is 1.17. The van der Waals surface area contributed by atoms with Crippen molar-refractivity contribution in [3.63, 3.8) is 0 Å². The van der Waals surface area contributed by atoms with Crippen LogP contribution in [0.15, 0.2) is 12.3 Å². The number of nitrogens with one attached hydrogen (secondary N) is 1. The summed E-state index contributed by atoms with van der Waals surface area (Å²) in [6, 6.07) is 1.56. The molecule has 1 fully saturated rings. The number of hydrogen-bond acceptors (Lipinski definition) is 4. The van der Waals surface area contributed by atoms with Crippen molar-refractivity contribution in [1.82, 2.24) is 9.47 Å². The van der Waals surface area contributed by atoms with E-state index in [2.05, 4.69) is 17.1 Å². The molecule has 1 saturated heterocycles. The highest BCUT2D eigenvalue weighted by Crippen LogP contribution is 2.14. The summed E-state index contributed by atoms with van der Waals surface area (Å²) in [4.78, 5) is 25.5.